The van der Waals surface area contributed by atoms with Crippen molar-refractivity contribution in [2.24, 2.45) is 4.99 Å². The summed E-state index contributed by atoms with van der Waals surface area (Å²) >= 11 is 0. The number of imidazole rings is 1. The van der Waals surface area contributed by atoms with E-state index in [2.05, 4.69) is 39.2 Å². The van der Waals surface area contributed by atoms with Crippen molar-refractivity contribution in [3.8, 4) is 0 Å². The number of rotatable bonds is 4. The van der Waals surface area contributed by atoms with Crippen LogP contribution in [0.1, 0.15) is 29.6 Å². The van der Waals surface area contributed by atoms with E-state index in [-0.39, 0.29) is 42.4 Å². The Labute approximate surface area is 174 Å². The van der Waals surface area contributed by atoms with E-state index in [9.17, 15) is 8.78 Å². The first-order chi connectivity index (χ1) is 12.6. The Bertz CT molecular complexity index is 768. The molecule has 0 radical (unpaired) electrons. The van der Waals surface area contributed by atoms with E-state index >= 15 is 0 Å². The van der Waals surface area contributed by atoms with Gasteiger partial charge in [-0.1, -0.05) is 24.3 Å². The van der Waals surface area contributed by atoms with Gasteiger partial charge in [0.1, 0.15) is 11.9 Å². The highest BCUT2D eigenvalue weighted by atomic mass is 127. The van der Waals surface area contributed by atoms with E-state index in [0.29, 0.717) is 25.7 Å². The minimum atomic E-state index is -2.61. The Kier molecular flexibility index (Phi) is 7.96. The molecule has 2 aromatic rings. The molecule has 1 atom stereocenters. The summed E-state index contributed by atoms with van der Waals surface area (Å²) in [6, 6.07) is 8.14. The van der Waals surface area contributed by atoms with Crippen molar-refractivity contribution in [3.05, 3.63) is 53.6 Å². The van der Waals surface area contributed by atoms with Crippen LogP contribution in [0, 0.1) is 6.92 Å². The Balaban J connectivity index is 0.00000261. The summed E-state index contributed by atoms with van der Waals surface area (Å²) in [6.45, 7) is 1.54. The summed E-state index contributed by atoms with van der Waals surface area (Å²) in [4.78, 5) is 10.4. The van der Waals surface area contributed by atoms with Crippen molar-refractivity contribution in [2.45, 2.75) is 26.1 Å². The van der Waals surface area contributed by atoms with Crippen molar-refractivity contribution >= 4 is 29.9 Å². The van der Waals surface area contributed by atoms with Crippen LogP contribution in [0.25, 0.3) is 0 Å². The lowest BCUT2D eigenvalue weighted by molar-refractivity contribution is -0.00837. The third kappa shape index (κ3) is 5.16. The fourth-order valence-electron chi connectivity index (χ4n) is 3.13. The molecule has 1 saturated heterocycles. The van der Waals surface area contributed by atoms with E-state index in [4.69, 9.17) is 4.74 Å². The predicted octanol–water partition coefficient (Wildman–Crippen LogP) is 3.35. The van der Waals surface area contributed by atoms with Gasteiger partial charge in [-0.2, -0.15) is 8.78 Å². The van der Waals surface area contributed by atoms with E-state index in [1.54, 1.807) is 7.05 Å². The third-order valence-corrected chi connectivity index (χ3v) is 4.48. The number of halogens is 3. The maximum Gasteiger partial charge on any atom is 0.319 e. The standard InChI is InChI=1S/C18H23F2N5O.HI/c1-13-5-3-4-6-14(13)15-12-24(9-10-26-15)18(21-2)23-11-16-22-7-8-25(16)17(19)20;/h3-8,15,17H,9-12H2,1-2H3,(H,21,23);1H. The molecule has 3 rings (SSSR count). The smallest absolute Gasteiger partial charge is 0.319 e. The maximum absolute atomic E-state index is 12.9. The van der Waals surface area contributed by atoms with Crippen LogP contribution in [0.3, 0.4) is 0 Å². The van der Waals surface area contributed by atoms with Crippen molar-refractivity contribution in [3.63, 3.8) is 0 Å². The van der Waals surface area contributed by atoms with Gasteiger partial charge in [-0.3, -0.25) is 9.56 Å². The first-order valence-electron chi connectivity index (χ1n) is 8.52. The third-order valence-electron chi connectivity index (χ3n) is 4.48. The van der Waals surface area contributed by atoms with Crippen molar-refractivity contribution in [1.29, 1.82) is 0 Å². The van der Waals surface area contributed by atoms with Gasteiger partial charge in [-0.15, -0.1) is 24.0 Å². The highest BCUT2D eigenvalue weighted by molar-refractivity contribution is 14.0. The molecule has 0 saturated carbocycles. The minimum Gasteiger partial charge on any atom is -0.370 e. The Morgan fingerprint density at radius 3 is 2.89 bits per heavy atom. The summed E-state index contributed by atoms with van der Waals surface area (Å²) in [7, 11) is 1.68. The fraction of sp³-hybridized carbons (Fsp3) is 0.444. The molecule has 0 aliphatic carbocycles. The number of aliphatic imine (C=N–C) groups is 1. The summed E-state index contributed by atoms with van der Waals surface area (Å²) in [5.41, 5.74) is 2.34. The molecule has 0 bridgehead atoms. The number of guanidine groups is 1. The molecule has 1 unspecified atom stereocenters. The van der Waals surface area contributed by atoms with Gasteiger partial charge in [0, 0.05) is 26.0 Å². The van der Waals surface area contributed by atoms with Gasteiger partial charge >= 0.3 is 6.55 Å². The summed E-state index contributed by atoms with van der Waals surface area (Å²) in [6.07, 6.45) is 2.59. The number of aromatic nitrogens is 2. The zero-order valence-electron chi connectivity index (χ0n) is 15.3. The van der Waals surface area contributed by atoms with Crippen LogP contribution in [0.2, 0.25) is 0 Å². The minimum absolute atomic E-state index is 0. The number of benzene rings is 1. The SMILES string of the molecule is CN=C(NCc1nccn1C(F)F)N1CCOC(c2ccccc2C)C1.I. The molecule has 9 heteroatoms. The second-order valence-corrected chi connectivity index (χ2v) is 6.09. The molecule has 6 nitrogen and oxygen atoms in total. The molecule has 1 aromatic heterocycles. The average molecular weight is 491 g/mol. The highest BCUT2D eigenvalue weighted by Gasteiger charge is 2.25. The lowest BCUT2D eigenvalue weighted by atomic mass is 10.0. The molecule has 1 aliphatic rings. The zero-order chi connectivity index (χ0) is 18.5. The van der Waals surface area contributed by atoms with Gasteiger partial charge < -0.3 is 15.0 Å². The normalized spacial score (nSPS) is 17.7. The fourth-order valence-corrected chi connectivity index (χ4v) is 3.13. The molecule has 1 aromatic carbocycles. The average Bonchev–Trinajstić information content (AvgIpc) is 3.12. The molecule has 2 heterocycles. The van der Waals surface area contributed by atoms with Gasteiger partial charge in [0.2, 0.25) is 0 Å². The van der Waals surface area contributed by atoms with Gasteiger partial charge in [0.25, 0.3) is 0 Å². The molecule has 1 aliphatic heterocycles. The zero-order valence-corrected chi connectivity index (χ0v) is 17.6. The van der Waals surface area contributed by atoms with Crippen LogP contribution in [0.5, 0.6) is 0 Å². The van der Waals surface area contributed by atoms with Gasteiger partial charge in [-0.05, 0) is 18.1 Å². The molecule has 0 amide bonds. The van der Waals surface area contributed by atoms with Gasteiger partial charge in [0.05, 0.1) is 19.7 Å². The second kappa shape index (κ2) is 9.98. The second-order valence-electron chi connectivity index (χ2n) is 6.09. The van der Waals surface area contributed by atoms with Crippen molar-refractivity contribution in [2.75, 3.05) is 26.7 Å². The van der Waals surface area contributed by atoms with Gasteiger partial charge in [0.15, 0.2) is 5.96 Å². The number of alkyl halides is 2. The van der Waals surface area contributed by atoms with E-state index < -0.39 is 6.55 Å². The van der Waals surface area contributed by atoms with Gasteiger partial charge in [-0.25, -0.2) is 4.98 Å². The predicted molar refractivity (Wildman–Crippen MR) is 111 cm³/mol. The lowest BCUT2D eigenvalue weighted by Gasteiger charge is -2.35. The lowest BCUT2D eigenvalue weighted by Crippen LogP contribution is -2.48. The van der Waals surface area contributed by atoms with E-state index in [1.165, 1.54) is 18.0 Å². The van der Waals surface area contributed by atoms with Crippen LogP contribution in [0.4, 0.5) is 8.78 Å². The molecule has 27 heavy (non-hydrogen) atoms. The first-order valence-corrected chi connectivity index (χ1v) is 8.52. The molecule has 0 spiro atoms. The molecule has 148 valence electrons. The Morgan fingerprint density at radius 1 is 1.41 bits per heavy atom. The number of morpholine rings is 1. The molecular formula is C18H24F2IN5O. The number of hydrogen-bond acceptors (Lipinski definition) is 3. The van der Waals surface area contributed by atoms with Crippen LogP contribution < -0.4 is 5.32 Å². The number of aryl methyl sites for hydroxylation is 1. The number of nitrogens with zero attached hydrogens (tertiary/aromatic N) is 4. The summed E-state index contributed by atoms with van der Waals surface area (Å²) in [5.74, 6) is 0.917. The molecular weight excluding hydrogens is 467 g/mol. The molecule has 1 fully saturated rings. The van der Waals surface area contributed by atoms with Crippen LogP contribution >= 0.6 is 24.0 Å². The number of ether oxygens (including phenoxy) is 1. The molecule has 1 N–H and O–H groups in total. The summed E-state index contributed by atoms with van der Waals surface area (Å²) < 4.78 is 32.6. The maximum atomic E-state index is 12.9. The first kappa shape index (κ1) is 21.5. The van der Waals surface area contributed by atoms with Crippen LogP contribution in [-0.4, -0.2) is 47.2 Å². The van der Waals surface area contributed by atoms with Crippen LogP contribution in [-0.2, 0) is 11.3 Å². The number of nitrogens with one attached hydrogen (secondary N) is 1. The van der Waals surface area contributed by atoms with Crippen molar-refractivity contribution < 1.29 is 13.5 Å². The Hall–Kier alpha value is -1.75. The summed E-state index contributed by atoms with van der Waals surface area (Å²) in [5, 5.41) is 3.13. The quantitative estimate of drug-likeness (QED) is 0.405. The van der Waals surface area contributed by atoms with E-state index in [1.807, 2.05) is 12.1 Å². The number of hydrogen-bond donors (Lipinski definition) is 1. The monoisotopic (exact) mass is 491 g/mol. The van der Waals surface area contributed by atoms with E-state index in [0.717, 1.165) is 10.1 Å². The largest absolute Gasteiger partial charge is 0.370 e. The van der Waals surface area contributed by atoms with Crippen LogP contribution in [0.15, 0.2) is 41.7 Å². The topological polar surface area (TPSA) is 54.7 Å². The van der Waals surface area contributed by atoms with Crippen molar-refractivity contribution in [1.82, 2.24) is 19.8 Å². The Morgan fingerprint density at radius 2 is 2.19 bits per heavy atom. The highest BCUT2D eigenvalue weighted by Crippen LogP contribution is 2.25.